The number of carbonyl (C=O) groups is 1. The highest BCUT2D eigenvalue weighted by Crippen LogP contribution is 2.36. The molecule has 0 saturated heterocycles. The molecule has 2 aromatic heterocycles. The summed E-state index contributed by atoms with van der Waals surface area (Å²) in [5, 5.41) is 11.2. The molecule has 0 bridgehead atoms. The molecule has 10 nitrogen and oxygen atoms in total. The smallest absolute Gasteiger partial charge is 0.338 e. The number of thiazole rings is 1. The van der Waals surface area contributed by atoms with Crippen LogP contribution in [0.4, 0.5) is 10.1 Å². The molecule has 0 N–H and O–H groups in total. The van der Waals surface area contributed by atoms with E-state index < -0.39 is 34.0 Å². The summed E-state index contributed by atoms with van der Waals surface area (Å²) in [5.41, 5.74) is 0.733. The maximum Gasteiger partial charge on any atom is 0.338 e. The van der Waals surface area contributed by atoms with Crippen molar-refractivity contribution in [1.29, 1.82) is 0 Å². The molecule has 4 aromatic rings. The Morgan fingerprint density at radius 3 is 2.70 bits per heavy atom. The van der Waals surface area contributed by atoms with Crippen LogP contribution >= 0.6 is 27.3 Å². The molecule has 2 aromatic carbocycles. The minimum absolute atomic E-state index is 0.156. The van der Waals surface area contributed by atoms with Gasteiger partial charge in [-0.25, -0.2) is 9.79 Å². The van der Waals surface area contributed by atoms with Gasteiger partial charge in [0.1, 0.15) is 17.3 Å². The first-order valence-electron chi connectivity index (χ1n) is 13.3. The lowest BCUT2D eigenvalue weighted by atomic mass is 9.94. The van der Waals surface area contributed by atoms with Crippen LogP contribution in [-0.2, 0) is 9.53 Å². The van der Waals surface area contributed by atoms with Crippen LogP contribution in [0, 0.1) is 15.9 Å². The first kappa shape index (κ1) is 30.1. The van der Waals surface area contributed by atoms with E-state index in [4.69, 9.17) is 18.9 Å². The Morgan fingerprint density at radius 2 is 2.02 bits per heavy atom. The van der Waals surface area contributed by atoms with E-state index in [0.717, 1.165) is 23.5 Å². The first-order chi connectivity index (χ1) is 20.7. The zero-order valence-electron chi connectivity index (χ0n) is 23.3. The Labute approximate surface area is 256 Å². The number of hydrogen-bond donors (Lipinski definition) is 0. The molecular weight excluding hydrogens is 645 g/mol. The van der Waals surface area contributed by atoms with Crippen LogP contribution in [0.1, 0.15) is 44.1 Å². The molecule has 0 amide bonds. The van der Waals surface area contributed by atoms with Crippen molar-refractivity contribution in [3.63, 3.8) is 0 Å². The molecule has 43 heavy (non-hydrogen) atoms. The summed E-state index contributed by atoms with van der Waals surface area (Å²) in [7, 11) is 1.55. The summed E-state index contributed by atoms with van der Waals surface area (Å²) in [5.74, 6) is -0.353. The molecule has 0 radical (unpaired) electrons. The molecule has 1 atom stereocenters. The highest BCUT2D eigenvalue weighted by atomic mass is 79.9. The number of hydrogen-bond acceptors (Lipinski definition) is 9. The highest BCUT2D eigenvalue weighted by molar-refractivity contribution is 9.10. The van der Waals surface area contributed by atoms with E-state index in [0.29, 0.717) is 55.0 Å². The average Bonchev–Trinajstić information content (AvgIpc) is 3.57. The molecule has 0 aliphatic carbocycles. The number of benzene rings is 2. The summed E-state index contributed by atoms with van der Waals surface area (Å²) in [4.78, 5) is 42.8. The van der Waals surface area contributed by atoms with E-state index in [9.17, 15) is 24.1 Å². The normalized spacial score (nSPS) is 14.8. The third-order valence-corrected chi connectivity index (χ3v) is 8.31. The van der Waals surface area contributed by atoms with Gasteiger partial charge in [0.25, 0.3) is 5.56 Å². The number of nitro groups is 1. The Morgan fingerprint density at radius 1 is 1.23 bits per heavy atom. The number of carbonyl (C=O) groups excluding carboxylic acids is 1. The molecule has 5 rings (SSSR count). The SMILES string of the molecule is CCCC1=C(C(=O)OCC)[C@H](c2ccc(OC)c(Br)c2)n2c(s/c(=C\c3ccc(-c4ccc(F)c([N+](=O)[O-])c4)o3)c2=O)=N1. The second-order valence-corrected chi connectivity index (χ2v) is 11.3. The van der Waals surface area contributed by atoms with E-state index in [1.54, 1.807) is 50.4 Å². The van der Waals surface area contributed by atoms with E-state index in [1.807, 2.05) is 6.92 Å². The number of rotatable bonds is 9. The molecular formula is C30H25BrFN3O7S. The Bertz CT molecular complexity index is 1960. The average molecular weight is 671 g/mol. The van der Waals surface area contributed by atoms with Gasteiger partial charge in [-0.15, -0.1) is 0 Å². The van der Waals surface area contributed by atoms with Gasteiger partial charge < -0.3 is 13.9 Å². The van der Waals surface area contributed by atoms with Crippen molar-refractivity contribution < 1.29 is 28.0 Å². The lowest BCUT2D eigenvalue weighted by molar-refractivity contribution is -0.387. The minimum atomic E-state index is -0.954. The van der Waals surface area contributed by atoms with E-state index in [2.05, 4.69) is 15.9 Å². The minimum Gasteiger partial charge on any atom is -0.496 e. The Kier molecular flexibility index (Phi) is 8.74. The molecule has 3 heterocycles. The van der Waals surface area contributed by atoms with Crippen LogP contribution in [-0.4, -0.2) is 29.2 Å². The summed E-state index contributed by atoms with van der Waals surface area (Å²) in [6.45, 7) is 3.85. The van der Waals surface area contributed by atoms with Gasteiger partial charge in [0, 0.05) is 17.7 Å². The van der Waals surface area contributed by atoms with Crippen molar-refractivity contribution in [3.05, 3.63) is 111 Å². The third-order valence-electron chi connectivity index (χ3n) is 6.71. The molecule has 0 saturated carbocycles. The number of furan rings is 1. The molecule has 1 aliphatic heterocycles. The predicted octanol–water partition coefficient (Wildman–Crippen LogP) is 5.66. The van der Waals surface area contributed by atoms with Crippen molar-refractivity contribution in [2.24, 2.45) is 4.99 Å². The largest absolute Gasteiger partial charge is 0.496 e. The molecule has 0 unspecified atom stereocenters. The maximum absolute atomic E-state index is 13.9. The van der Waals surface area contributed by atoms with E-state index in [1.165, 1.54) is 10.6 Å². The zero-order valence-corrected chi connectivity index (χ0v) is 25.7. The quantitative estimate of drug-likeness (QED) is 0.128. The monoisotopic (exact) mass is 669 g/mol. The first-order valence-corrected chi connectivity index (χ1v) is 14.9. The number of methoxy groups -OCH3 is 1. The number of nitro benzene ring substituents is 1. The lowest BCUT2D eigenvalue weighted by Crippen LogP contribution is -2.40. The molecule has 13 heteroatoms. The fourth-order valence-electron chi connectivity index (χ4n) is 4.81. The van der Waals surface area contributed by atoms with Gasteiger partial charge in [0.2, 0.25) is 5.82 Å². The summed E-state index contributed by atoms with van der Waals surface area (Å²) < 4.78 is 32.9. The van der Waals surface area contributed by atoms with Gasteiger partial charge in [-0.2, -0.15) is 4.39 Å². The maximum atomic E-state index is 13.9. The zero-order chi connectivity index (χ0) is 30.8. The fraction of sp³-hybridized carbons (Fsp3) is 0.233. The van der Waals surface area contributed by atoms with Crippen LogP contribution in [0.3, 0.4) is 0 Å². The number of allylic oxidation sites excluding steroid dienone is 1. The predicted molar refractivity (Wildman–Crippen MR) is 161 cm³/mol. The van der Waals surface area contributed by atoms with E-state index in [-0.39, 0.29) is 17.9 Å². The van der Waals surface area contributed by atoms with Gasteiger partial charge in [0.15, 0.2) is 4.80 Å². The Balaban J connectivity index is 1.66. The van der Waals surface area contributed by atoms with Crippen LogP contribution < -0.4 is 19.6 Å². The van der Waals surface area contributed by atoms with Crippen molar-refractivity contribution in [1.82, 2.24) is 4.57 Å². The van der Waals surface area contributed by atoms with Crippen molar-refractivity contribution in [3.8, 4) is 17.1 Å². The van der Waals surface area contributed by atoms with Crippen molar-refractivity contribution in [2.75, 3.05) is 13.7 Å². The number of halogens is 2. The van der Waals surface area contributed by atoms with E-state index >= 15 is 0 Å². The molecule has 222 valence electrons. The van der Waals surface area contributed by atoms with Crippen LogP contribution in [0.25, 0.3) is 17.4 Å². The van der Waals surface area contributed by atoms with Crippen LogP contribution in [0.2, 0.25) is 0 Å². The van der Waals surface area contributed by atoms with Crippen LogP contribution in [0.15, 0.2) is 78.5 Å². The van der Waals surface area contributed by atoms with Gasteiger partial charge in [0.05, 0.1) is 45.0 Å². The van der Waals surface area contributed by atoms with Crippen LogP contribution in [0.5, 0.6) is 5.75 Å². The fourth-order valence-corrected chi connectivity index (χ4v) is 6.37. The molecule has 1 aliphatic rings. The number of ether oxygens (including phenoxy) is 2. The summed E-state index contributed by atoms with van der Waals surface area (Å²) in [6.07, 6.45) is 2.75. The van der Waals surface area contributed by atoms with Crippen molar-refractivity contribution in [2.45, 2.75) is 32.7 Å². The third kappa shape index (κ3) is 5.82. The summed E-state index contributed by atoms with van der Waals surface area (Å²) in [6, 6.07) is 11.2. The topological polar surface area (TPSA) is 126 Å². The van der Waals surface area contributed by atoms with Gasteiger partial charge >= 0.3 is 11.7 Å². The lowest BCUT2D eigenvalue weighted by Gasteiger charge is -2.26. The van der Waals surface area contributed by atoms with Gasteiger partial charge in [-0.3, -0.25) is 19.5 Å². The number of esters is 1. The highest BCUT2D eigenvalue weighted by Gasteiger charge is 2.34. The van der Waals surface area contributed by atoms with Gasteiger partial charge in [-0.1, -0.05) is 30.7 Å². The van der Waals surface area contributed by atoms with Gasteiger partial charge in [-0.05, 0) is 71.2 Å². The Hall–Kier alpha value is -4.36. The second kappa shape index (κ2) is 12.5. The second-order valence-electron chi connectivity index (χ2n) is 9.43. The number of nitrogens with zero attached hydrogens (tertiary/aromatic N) is 3. The molecule has 0 fully saturated rings. The number of aromatic nitrogens is 1. The molecule has 0 spiro atoms. The van der Waals surface area contributed by atoms with Crippen molar-refractivity contribution >= 4 is 45.0 Å². The summed E-state index contributed by atoms with van der Waals surface area (Å²) >= 11 is 4.65. The number of fused-ring (bicyclic) bond motifs is 1. The standard InChI is InChI=1S/C30H25BrFN3O7S/c1-4-6-21-26(29(37)41-5-2)27(17-8-11-24(40-3)19(31)13-17)34-28(36)25(43-30(34)33-21)15-18-9-12-23(42-18)16-7-10-20(32)22(14-16)35(38)39/h7-15,27H,4-6H2,1-3H3/b25-15-/t27-/m0/s1.